The summed E-state index contributed by atoms with van der Waals surface area (Å²) in [5.41, 5.74) is 12.5. The summed E-state index contributed by atoms with van der Waals surface area (Å²) < 4.78 is 12.8. The quantitative estimate of drug-likeness (QED) is 0.124. The van der Waals surface area contributed by atoms with Gasteiger partial charge in [0.25, 0.3) is 0 Å². The number of carbonyl (C=O) groups excluding carboxylic acids is 1. The Bertz CT molecular complexity index is 1420. The smallest absolute Gasteiger partial charge is 0.328 e. The molecule has 3 unspecified atom stereocenters. The van der Waals surface area contributed by atoms with Crippen LogP contribution in [0.25, 0.3) is 10.9 Å². The highest BCUT2D eigenvalue weighted by molar-refractivity contribution is 5.85. The Morgan fingerprint density at radius 2 is 1.58 bits per heavy atom. The summed E-state index contributed by atoms with van der Waals surface area (Å²) >= 11 is 0. The standard InChI is InChI=1S/C40H60N2O3/c1-26(2)14-11-15-27(3)16-12-17-28(4)18-13-22-40(8)23-21-33-31(7)37(29(5)30(6)38(33)45-40)44-39(43)35(41)24-32-25-42-36-20-10-9-19-34(32)36/h9-10,19-20,25-28,35,42H,11-18,21-24,41H2,1-8H3/t27?,28?,35-,40?/m0/s1. The molecule has 4 atom stereocenters. The van der Waals surface area contributed by atoms with Crippen molar-refractivity contribution < 1.29 is 14.3 Å². The van der Waals surface area contributed by atoms with Crippen LogP contribution in [0.1, 0.15) is 127 Å². The number of nitrogens with two attached hydrogens (primary N) is 1. The molecule has 0 saturated heterocycles. The third kappa shape index (κ3) is 9.15. The van der Waals surface area contributed by atoms with Crippen LogP contribution in [0.3, 0.4) is 0 Å². The molecule has 0 saturated carbocycles. The lowest BCUT2D eigenvalue weighted by atomic mass is 9.83. The number of para-hydroxylation sites is 1. The summed E-state index contributed by atoms with van der Waals surface area (Å²) in [6.45, 7) is 18.0. The zero-order valence-electron chi connectivity index (χ0n) is 29.5. The second kappa shape index (κ2) is 15.7. The SMILES string of the molecule is Cc1c(C)c2c(c(C)c1OC(=O)[C@@H](N)Cc1c[nH]c3ccccc13)CCC(C)(CCCC(C)CCCC(C)CCCC(C)C)O2. The molecule has 1 aromatic heterocycles. The van der Waals surface area contributed by atoms with E-state index in [0.29, 0.717) is 12.2 Å². The lowest BCUT2D eigenvalue weighted by molar-refractivity contribution is -0.135. The van der Waals surface area contributed by atoms with Gasteiger partial charge in [-0.15, -0.1) is 0 Å². The minimum atomic E-state index is -0.751. The van der Waals surface area contributed by atoms with E-state index < -0.39 is 12.0 Å². The molecule has 0 amide bonds. The Kier molecular flexibility index (Phi) is 12.2. The van der Waals surface area contributed by atoms with Gasteiger partial charge in [0, 0.05) is 29.1 Å². The largest absolute Gasteiger partial charge is 0.487 e. The zero-order chi connectivity index (χ0) is 32.7. The Morgan fingerprint density at radius 3 is 2.27 bits per heavy atom. The summed E-state index contributed by atoms with van der Waals surface area (Å²) in [5, 5.41) is 1.09. The van der Waals surface area contributed by atoms with E-state index in [1.165, 1.54) is 56.9 Å². The third-order valence-corrected chi connectivity index (χ3v) is 10.5. The second-order valence-corrected chi connectivity index (χ2v) is 15.0. The van der Waals surface area contributed by atoms with Gasteiger partial charge in [-0.25, -0.2) is 4.79 Å². The second-order valence-electron chi connectivity index (χ2n) is 15.0. The summed E-state index contributed by atoms with van der Waals surface area (Å²) in [5.74, 6) is 3.67. The predicted molar refractivity (Wildman–Crippen MR) is 188 cm³/mol. The van der Waals surface area contributed by atoms with E-state index in [4.69, 9.17) is 15.2 Å². The van der Waals surface area contributed by atoms with Gasteiger partial charge in [0.15, 0.2) is 0 Å². The number of ether oxygens (including phenoxy) is 2. The maximum absolute atomic E-state index is 13.2. The fourth-order valence-corrected chi connectivity index (χ4v) is 7.21. The van der Waals surface area contributed by atoms with Gasteiger partial charge in [-0.3, -0.25) is 0 Å². The molecular formula is C40H60N2O3. The molecule has 1 aliphatic heterocycles. The van der Waals surface area contributed by atoms with E-state index in [2.05, 4.69) is 53.5 Å². The number of rotatable bonds is 16. The minimum Gasteiger partial charge on any atom is -0.487 e. The summed E-state index contributed by atoms with van der Waals surface area (Å²) in [6, 6.07) is 7.31. The highest BCUT2D eigenvalue weighted by Crippen LogP contribution is 2.45. The van der Waals surface area contributed by atoms with Crippen molar-refractivity contribution in [3.05, 3.63) is 58.3 Å². The van der Waals surface area contributed by atoms with Crippen molar-refractivity contribution in [1.82, 2.24) is 4.98 Å². The Hall–Kier alpha value is -2.79. The number of aromatic amines is 1. The number of esters is 1. The summed E-state index contributed by atoms with van der Waals surface area (Å²) in [7, 11) is 0. The van der Waals surface area contributed by atoms with Crippen molar-refractivity contribution in [2.45, 2.75) is 144 Å². The number of hydrogen-bond acceptors (Lipinski definition) is 4. The molecule has 248 valence electrons. The van der Waals surface area contributed by atoms with Crippen LogP contribution >= 0.6 is 0 Å². The molecule has 0 fully saturated rings. The molecule has 1 aliphatic rings. The monoisotopic (exact) mass is 616 g/mol. The molecular weight excluding hydrogens is 556 g/mol. The first-order chi connectivity index (χ1) is 21.4. The molecule has 5 nitrogen and oxygen atoms in total. The first-order valence-corrected chi connectivity index (χ1v) is 17.7. The molecule has 0 spiro atoms. The number of H-pyrrole nitrogens is 1. The number of carbonyl (C=O) groups is 1. The van der Waals surface area contributed by atoms with E-state index in [1.807, 2.05) is 37.4 Å². The molecule has 2 heterocycles. The van der Waals surface area contributed by atoms with E-state index in [0.717, 1.165) is 75.9 Å². The van der Waals surface area contributed by atoms with Crippen LogP contribution in [0.4, 0.5) is 0 Å². The van der Waals surface area contributed by atoms with Gasteiger partial charge < -0.3 is 20.2 Å². The van der Waals surface area contributed by atoms with Crippen LogP contribution in [0.5, 0.6) is 11.5 Å². The number of hydrogen-bond donors (Lipinski definition) is 2. The number of nitrogens with one attached hydrogen (secondary N) is 1. The van der Waals surface area contributed by atoms with Gasteiger partial charge >= 0.3 is 5.97 Å². The van der Waals surface area contributed by atoms with Crippen LogP contribution in [0.2, 0.25) is 0 Å². The lowest BCUT2D eigenvalue weighted by Crippen LogP contribution is -2.38. The van der Waals surface area contributed by atoms with Gasteiger partial charge in [0.05, 0.1) is 0 Å². The lowest BCUT2D eigenvalue weighted by Gasteiger charge is -2.38. The van der Waals surface area contributed by atoms with Crippen LogP contribution < -0.4 is 15.2 Å². The predicted octanol–water partition coefficient (Wildman–Crippen LogP) is 10.1. The Morgan fingerprint density at radius 1 is 0.933 bits per heavy atom. The molecule has 0 bridgehead atoms. The van der Waals surface area contributed by atoms with Gasteiger partial charge in [0.2, 0.25) is 0 Å². The average molecular weight is 617 g/mol. The van der Waals surface area contributed by atoms with Crippen molar-refractivity contribution in [3.8, 4) is 11.5 Å². The highest BCUT2D eigenvalue weighted by atomic mass is 16.5. The molecule has 45 heavy (non-hydrogen) atoms. The third-order valence-electron chi connectivity index (χ3n) is 10.5. The molecule has 3 aromatic rings. The highest BCUT2D eigenvalue weighted by Gasteiger charge is 2.35. The van der Waals surface area contributed by atoms with Gasteiger partial charge in [0.1, 0.15) is 23.1 Å². The topological polar surface area (TPSA) is 77.3 Å². The molecule has 0 radical (unpaired) electrons. The van der Waals surface area contributed by atoms with Crippen LogP contribution in [-0.4, -0.2) is 22.6 Å². The summed E-state index contributed by atoms with van der Waals surface area (Å²) in [6.07, 6.45) is 15.9. The van der Waals surface area contributed by atoms with Crippen molar-refractivity contribution in [2.75, 3.05) is 0 Å². The fourth-order valence-electron chi connectivity index (χ4n) is 7.21. The number of benzene rings is 2. The average Bonchev–Trinajstić information content (AvgIpc) is 3.40. The molecule has 2 aromatic carbocycles. The van der Waals surface area contributed by atoms with Crippen molar-refractivity contribution in [1.29, 1.82) is 0 Å². The first-order valence-electron chi connectivity index (χ1n) is 17.7. The van der Waals surface area contributed by atoms with E-state index in [1.54, 1.807) is 0 Å². The van der Waals surface area contributed by atoms with E-state index in [-0.39, 0.29) is 5.60 Å². The summed E-state index contributed by atoms with van der Waals surface area (Å²) in [4.78, 5) is 16.5. The maximum Gasteiger partial charge on any atom is 0.328 e. The van der Waals surface area contributed by atoms with Crippen LogP contribution in [0.15, 0.2) is 30.5 Å². The van der Waals surface area contributed by atoms with E-state index in [9.17, 15) is 4.79 Å². The normalized spacial score (nSPS) is 18.4. The molecule has 0 aliphatic carbocycles. The molecule has 4 rings (SSSR count). The van der Waals surface area contributed by atoms with Gasteiger partial charge in [-0.2, -0.15) is 0 Å². The Balaban J connectivity index is 1.29. The minimum absolute atomic E-state index is 0.166. The molecule has 5 heteroatoms. The number of fused-ring (bicyclic) bond motifs is 2. The van der Waals surface area contributed by atoms with E-state index >= 15 is 0 Å². The van der Waals surface area contributed by atoms with Gasteiger partial charge in [-0.05, 0) is 99.5 Å². The first kappa shape index (κ1) is 35.1. The zero-order valence-corrected chi connectivity index (χ0v) is 29.5. The van der Waals surface area contributed by atoms with Crippen molar-refractivity contribution in [2.24, 2.45) is 23.5 Å². The Labute approximate surface area is 273 Å². The van der Waals surface area contributed by atoms with Crippen LogP contribution in [0, 0.1) is 38.5 Å². The van der Waals surface area contributed by atoms with Crippen LogP contribution in [-0.2, 0) is 17.6 Å². The van der Waals surface area contributed by atoms with Crippen molar-refractivity contribution in [3.63, 3.8) is 0 Å². The maximum atomic E-state index is 13.2. The van der Waals surface area contributed by atoms with Crippen molar-refractivity contribution >= 4 is 16.9 Å². The molecule has 3 N–H and O–H groups in total. The fraction of sp³-hybridized carbons (Fsp3) is 0.625. The number of aromatic nitrogens is 1. The van der Waals surface area contributed by atoms with Gasteiger partial charge in [-0.1, -0.05) is 90.8 Å².